The van der Waals surface area contributed by atoms with E-state index >= 15 is 0 Å². The summed E-state index contributed by atoms with van der Waals surface area (Å²) in [5.74, 6) is 1.73. The van der Waals surface area contributed by atoms with Crippen LogP contribution >= 0.6 is 11.3 Å². The zero-order valence-electron chi connectivity index (χ0n) is 17.3. The van der Waals surface area contributed by atoms with E-state index in [0.29, 0.717) is 12.5 Å². The summed E-state index contributed by atoms with van der Waals surface area (Å²) in [5.41, 5.74) is 2.21. The van der Waals surface area contributed by atoms with Crippen LogP contribution in [0.25, 0.3) is 21.1 Å². The van der Waals surface area contributed by atoms with Crippen LogP contribution in [-0.4, -0.2) is 40.8 Å². The van der Waals surface area contributed by atoms with E-state index in [2.05, 4.69) is 49.4 Å². The molecular weight excluding hydrogens is 394 g/mol. The molecule has 1 atom stereocenters. The average Bonchev–Trinajstić information content (AvgIpc) is 3.33. The van der Waals surface area contributed by atoms with E-state index in [9.17, 15) is 5.11 Å². The molecule has 0 aliphatic heterocycles. The first kappa shape index (κ1) is 20.4. The summed E-state index contributed by atoms with van der Waals surface area (Å²) in [6, 6.07) is 18.5. The minimum absolute atomic E-state index is 0.414. The molecule has 0 fully saturated rings. The maximum atomic E-state index is 10.5. The van der Waals surface area contributed by atoms with Crippen molar-refractivity contribution in [2.45, 2.75) is 26.0 Å². The van der Waals surface area contributed by atoms with E-state index in [0.717, 1.165) is 35.7 Å². The predicted octanol–water partition coefficient (Wildman–Crippen LogP) is 3.85. The number of aliphatic imine (C=N–C) groups is 1. The number of guanidine groups is 1. The minimum Gasteiger partial charge on any atom is -0.386 e. The predicted molar refractivity (Wildman–Crippen MR) is 125 cm³/mol. The number of nitrogens with one attached hydrogen (secondary N) is 2. The molecule has 2 aromatic heterocycles. The standard InChI is InChI=1S/C23H27N5OS/c1-16-27-18-9-4-5-10-19(18)28(16)13-7-12-25-23(24-2)26-15-20(29)22-14-17-8-3-6-11-21(17)30-22/h3-6,8-11,14,20,29H,7,12-13,15H2,1-2H3,(H2,24,25,26). The van der Waals surface area contributed by atoms with Crippen molar-refractivity contribution in [3.05, 3.63) is 65.3 Å². The number of hydrogen-bond acceptors (Lipinski definition) is 4. The summed E-state index contributed by atoms with van der Waals surface area (Å²) in [4.78, 5) is 9.84. The number of fused-ring (bicyclic) bond motifs is 2. The lowest BCUT2D eigenvalue weighted by atomic mass is 10.2. The first-order valence-electron chi connectivity index (χ1n) is 10.2. The largest absolute Gasteiger partial charge is 0.386 e. The number of benzene rings is 2. The van der Waals surface area contributed by atoms with Gasteiger partial charge < -0.3 is 20.3 Å². The highest BCUT2D eigenvalue weighted by molar-refractivity contribution is 7.19. The topological polar surface area (TPSA) is 74.5 Å². The van der Waals surface area contributed by atoms with Gasteiger partial charge >= 0.3 is 0 Å². The number of aliphatic hydroxyl groups excluding tert-OH is 1. The highest BCUT2D eigenvalue weighted by Gasteiger charge is 2.12. The molecule has 0 spiro atoms. The molecule has 0 saturated carbocycles. The fourth-order valence-electron chi connectivity index (χ4n) is 3.60. The Morgan fingerprint density at radius 1 is 1.17 bits per heavy atom. The van der Waals surface area contributed by atoms with Crippen molar-refractivity contribution in [2.75, 3.05) is 20.1 Å². The fourth-order valence-corrected chi connectivity index (χ4v) is 4.65. The molecule has 0 aliphatic carbocycles. The normalized spacial score (nSPS) is 13.1. The Hall–Kier alpha value is -2.90. The summed E-state index contributed by atoms with van der Waals surface area (Å²) in [6.07, 6.45) is 0.377. The van der Waals surface area contributed by atoms with Crippen LogP contribution in [0.2, 0.25) is 0 Å². The quantitative estimate of drug-likeness (QED) is 0.241. The van der Waals surface area contributed by atoms with Gasteiger partial charge in [-0.3, -0.25) is 4.99 Å². The van der Waals surface area contributed by atoms with Gasteiger partial charge in [-0.05, 0) is 43.0 Å². The molecule has 0 bridgehead atoms. The summed E-state index contributed by atoms with van der Waals surface area (Å²) >= 11 is 1.63. The molecule has 0 radical (unpaired) electrons. The molecule has 1 unspecified atom stereocenters. The lowest BCUT2D eigenvalue weighted by Gasteiger charge is -2.15. The number of rotatable bonds is 7. The molecule has 4 rings (SSSR count). The van der Waals surface area contributed by atoms with E-state index in [1.807, 2.05) is 37.3 Å². The number of aromatic nitrogens is 2. The average molecular weight is 422 g/mol. The Labute approximate surface area is 180 Å². The van der Waals surface area contributed by atoms with Crippen LogP contribution in [0.3, 0.4) is 0 Å². The molecule has 4 aromatic rings. The molecule has 6 nitrogen and oxygen atoms in total. The third-order valence-electron chi connectivity index (χ3n) is 5.16. The Morgan fingerprint density at radius 3 is 2.80 bits per heavy atom. The summed E-state index contributed by atoms with van der Waals surface area (Å²) in [7, 11) is 1.74. The highest BCUT2D eigenvalue weighted by Crippen LogP contribution is 2.29. The van der Waals surface area contributed by atoms with Crippen LogP contribution in [-0.2, 0) is 6.54 Å². The summed E-state index contributed by atoms with van der Waals surface area (Å²) < 4.78 is 3.44. The second-order valence-corrected chi connectivity index (χ2v) is 8.35. The van der Waals surface area contributed by atoms with Crippen LogP contribution in [0.1, 0.15) is 23.2 Å². The molecular formula is C23H27N5OS. The monoisotopic (exact) mass is 421 g/mol. The number of para-hydroxylation sites is 2. The van der Waals surface area contributed by atoms with Gasteiger partial charge in [0.2, 0.25) is 0 Å². The number of aryl methyl sites for hydroxylation is 2. The van der Waals surface area contributed by atoms with Crippen LogP contribution in [0.4, 0.5) is 0 Å². The summed E-state index contributed by atoms with van der Waals surface area (Å²) in [5, 5.41) is 18.3. The minimum atomic E-state index is -0.569. The first-order valence-corrected chi connectivity index (χ1v) is 11.0. The second-order valence-electron chi connectivity index (χ2n) is 7.24. The van der Waals surface area contributed by atoms with E-state index in [4.69, 9.17) is 0 Å². The first-order chi connectivity index (χ1) is 14.7. The van der Waals surface area contributed by atoms with E-state index in [-0.39, 0.29) is 0 Å². The van der Waals surface area contributed by atoms with Gasteiger partial charge in [-0.15, -0.1) is 11.3 Å². The zero-order chi connectivity index (χ0) is 20.9. The van der Waals surface area contributed by atoms with Crippen molar-refractivity contribution in [1.29, 1.82) is 0 Å². The van der Waals surface area contributed by atoms with Gasteiger partial charge in [0.15, 0.2) is 5.96 Å². The number of thiophene rings is 1. The smallest absolute Gasteiger partial charge is 0.191 e. The van der Waals surface area contributed by atoms with Crippen molar-refractivity contribution in [1.82, 2.24) is 20.2 Å². The molecule has 2 heterocycles. The van der Waals surface area contributed by atoms with Gasteiger partial charge in [0.1, 0.15) is 11.9 Å². The Morgan fingerprint density at radius 2 is 1.97 bits per heavy atom. The lowest BCUT2D eigenvalue weighted by Crippen LogP contribution is -2.39. The molecule has 156 valence electrons. The Bertz CT molecular complexity index is 1130. The van der Waals surface area contributed by atoms with Gasteiger partial charge in [-0.1, -0.05) is 30.3 Å². The molecule has 0 amide bonds. The third kappa shape index (κ3) is 4.47. The van der Waals surface area contributed by atoms with Gasteiger partial charge in [0.25, 0.3) is 0 Å². The van der Waals surface area contributed by atoms with Gasteiger partial charge in [0.05, 0.1) is 11.0 Å². The van der Waals surface area contributed by atoms with Crippen molar-refractivity contribution in [3.8, 4) is 0 Å². The number of imidazole rings is 1. The zero-order valence-corrected chi connectivity index (χ0v) is 18.1. The number of aliphatic hydroxyl groups is 1. The number of hydrogen-bond donors (Lipinski definition) is 3. The summed E-state index contributed by atoms with van der Waals surface area (Å²) in [6.45, 7) is 4.13. The third-order valence-corrected chi connectivity index (χ3v) is 6.37. The second kappa shape index (κ2) is 9.28. The van der Waals surface area contributed by atoms with Gasteiger partial charge in [0, 0.05) is 36.3 Å². The fraction of sp³-hybridized carbons (Fsp3) is 0.304. The van der Waals surface area contributed by atoms with Crippen molar-refractivity contribution in [2.24, 2.45) is 4.99 Å². The Kier molecular flexibility index (Phi) is 6.30. The Balaban J connectivity index is 1.26. The van der Waals surface area contributed by atoms with E-state index in [1.165, 1.54) is 15.6 Å². The lowest BCUT2D eigenvalue weighted by molar-refractivity contribution is 0.184. The number of nitrogens with zero attached hydrogens (tertiary/aromatic N) is 3. The van der Waals surface area contributed by atoms with Crippen molar-refractivity contribution >= 4 is 38.4 Å². The van der Waals surface area contributed by atoms with Crippen LogP contribution < -0.4 is 10.6 Å². The van der Waals surface area contributed by atoms with Crippen molar-refractivity contribution in [3.63, 3.8) is 0 Å². The van der Waals surface area contributed by atoms with Crippen LogP contribution in [0.5, 0.6) is 0 Å². The maximum Gasteiger partial charge on any atom is 0.191 e. The van der Waals surface area contributed by atoms with Crippen LogP contribution in [0, 0.1) is 6.92 Å². The van der Waals surface area contributed by atoms with E-state index < -0.39 is 6.10 Å². The van der Waals surface area contributed by atoms with Crippen molar-refractivity contribution < 1.29 is 5.11 Å². The highest BCUT2D eigenvalue weighted by atomic mass is 32.1. The molecule has 0 saturated heterocycles. The van der Waals surface area contributed by atoms with E-state index in [1.54, 1.807) is 18.4 Å². The molecule has 2 aromatic carbocycles. The maximum absolute atomic E-state index is 10.5. The van der Waals surface area contributed by atoms with Gasteiger partial charge in [-0.2, -0.15) is 0 Å². The molecule has 3 N–H and O–H groups in total. The SMILES string of the molecule is CN=C(NCCCn1c(C)nc2ccccc21)NCC(O)c1cc2ccccc2s1. The molecule has 30 heavy (non-hydrogen) atoms. The van der Waals surface area contributed by atoms with Gasteiger partial charge in [-0.25, -0.2) is 4.98 Å². The van der Waals surface area contributed by atoms with Crippen LogP contribution in [0.15, 0.2) is 59.6 Å². The molecule has 7 heteroatoms. The molecule has 0 aliphatic rings.